The number of thiazole rings is 1. The monoisotopic (exact) mass is 183 g/mol. The highest BCUT2D eigenvalue weighted by atomic mass is 32.1. The van der Waals surface area contributed by atoms with Gasteiger partial charge < -0.3 is 0 Å². The molecule has 1 nitrogen and oxygen atoms in total. The number of aromatic nitrogens is 1. The van der Waals surface area contributed by atoms with Gasteiger partial charge in [-0.3, -0.25) is 0 Å². The van der Waals surface area contributed by atoms with Gasteiger partial charge in [0, 0.05) is 11.3 Å². The van der Waals surface area contributed by atoms with Crippen LogP contribution in [0.4, 0.5) is 0 Å². The first kappa shape index (κ1) is 9.72. The maximum absolute atomic E-state index is 4.50. The summed E-state index contributed by atoms with van der Waals surface area (Å²) in [6, 6.07) is 0. The minimum Gasteiger partial charge on any atom is -0.246 e. The van der Waals surface area contributed by atoms with Gasteiger partial charge in [0.25, 0.3) is 0 Å². The van der Waals surface area contributed by atoms with Crippen LogP contribution < -0.4 is 0 Å². The van der Waals surface area contributed by atoms with Crippen molar-refractivity contribution in [3.05, 3.63) is 16.1 Å². The van der Waals surface area contributed by atoms with Gasteiger partial charge in [0.15, 0.2) is 0 Å². The molecule has 2 atom stereocenters. The fourth-order valence-electron chi connectivity index (χ4n) is 1.23. The van der Waals surface area contributed by atoms with Crippen LogP contribution in [0.1, 0.15) is 43.8 Å². The summed E-state index contributed by atoms with van der Waals surface area (Å²) in [5.74, 6) is 1.35. The largest absolute Gasteiger partial charge is 0.246 e. The second-order valence-corrected chi connectivity index (χ2v) is 4.53. The number of hydrogen-bond acceptors (Lipinski definition) is 2. The molecular weight excluding hydrogens is 166 g/mol. The molecule has 1 aromatic rings. The molecule has 1 aromatic heterocycles. The first-order valence-corrected chi connectivity index (χ1v) is 5.45. The summed E-state index contributed by atoms with van der Waals surface area (Å²) in [5.41, 5.74) is 1.27. The van der Waals surface area contributed by atoms with Gasteiger partial charge in [-0.25, -0.2) is 4.98 Å². The molecule has 2 unspecified atom stereocenters. The molecule has 0 saturated carbocycles. The van der Waals surface area contributed by atoms with Crippen LogP contribution in [-0.4, -0.2) is 4.98 Å². The average molecular weight is 183 g/mol. The van der Waals surface area contributed by atoms with Crippen molar-refractivity contribution < 1.29 is 0 Å². The van der Waals surface area contributed by atoms with Gasteiger partial charge >= 0.3 is 0 Å². The molecule has 2 heteroatoms. The third kappa shape index (κ3) is 2.07. The van der Waals surface area contributed by atoms with Crippen molar-refractivity contribution in [3.8, 4) is 0 Å². The Bertz CT molecular complexity index is 242. The Kier molecular flexibility index (Phi) is 3.27. The van der Waals surface area contributed by atoms with E-state index in [2.05, 4.69) is 38.1 Å². The lowest BCUT2D eigenvalue weighted by Gasteiger charge is -2.15. The van der Waals surface area contributed by atoms with E-state index in [0.29, 0.717) is 5.92 Å². The van der Waals surface area contributed by atoms with E-state index < -0.39 is 0 Å². The van der Waals surface area contributed by atoms with Crippen LogP contribution in [0, 0.1) is 12.8 Å². The molecule has 0 fully saturated rings. The molecule has 0 saturated heterocycles. The van der Waals surface area contributed by atoms with E-state index in [1.807, 2.05) is 0 Å². The quantitative estimate of drug-likeness (QED) is 0.697. The van der Waals surface area contributed by atoms with Gasteiger partial charge in [-0.2, -0.15) is 0 Å². The van der Waals surface area contributed by atoms with E-state index in [1.165, 1.54) is 17.1 Å². The van der Waals surface area contributed by atoms with Crippen molar-refractivity contribution in [2.45, 2.75) is 40.0 Å². The van der Waals surface area contributed by atoms with Gasteiger partial charge in [0.05, 0.1) is 10.7 Å². The van der Waals surface area contributed by atoms with E-state index in [1.54, 1.807) is 11.3 Å². The van der Waals surface area contributed by atoms with Gasteiger partial charge in [0.2, 0.25) is 0 Å². The molecule has 0 aliphatic rings. The van der Waals surface area contributed by atoms with Crippen LogP contribution >= 0.6 is 11.3 Å². The number of nitrogens with zero attached hydrogens (tertiary/aromatic N) is 1. The van der Waals surface area contributed by atoms with E-state index in [0.717, 1.165) is 5.92 Å². The molecule has 0 N–H and O–H groups in total. The van der Waals surface area contributed by atoms with Gasteiger partial charge in [0.1, 0.15) is 0 Å². The Labute approximate surface area is 78.8 Å². The second-order valence-electron chi connectivity index (χ2n) is 3.47. The first-order valence-electron chi connectivity index (χ1n) is 4.57. The summed E-state index contributed by atoms with van der Waals surface area (Å²) < 4.78 is 0. The zero-order chi connectivity index (χ0) is 9.14. The predicted octanol–water partition coefficient (Wildman–Crippen LogP) is 3.60. The Morgan fingerprint density at radius 3 is 2.58 bits per heavy atom. The van der Waals surface area contributed by atoms with E-state index in [4.69, 9.17) is 0 Å². The summed E-state index contributed by atoms with van der Waals surface area (Å²) in [4.78, 5) is 4.50. The van der Waals surface area contributed by atoms with Crippen LogP contribution in [0.25, 0.3) is 0 Å². The smallest absolute Gasteiger partial charge is 0.0897 e. The molecule has 1 heterocycles. The third-order valence-electron chi connectivity index (χ3n) is 2.60. The topological polar surface area (TPSA) is 12.9 Å². The van der Waals surface area contributed by atoms with E-state index in [-0.39, 0.29) is 0 Å². The van der Waals surface area contributed by atoms with Crippen molar-refractivity contribution in [2.75, 3.05) is 0 Å². The summed E-state index contributed by atoms with van der Waals surface area (Å²) in [6.07, 6.45) is 1.23. The van der Waals surface area contributed by atoms with Gasteiger partial charge in [-0.1, -0.05) is 27.2 Å². The Morgan fingerprint density at radius 2 is 2.17 bits per heavy atom. The van der Waals surface area contributed by atoms with Crippen LogP contribution in [0.15, 0.2) is 5.38 Å². The van der Waals surface area contributed by atoms with Crippen molar-refractivity contribution >= 4 is 11.3 Å². The van der Waals surface area contributed by atoms with Gasteiger partial charge in [-0.15, -0.1) is 11.3 Å². The minimum atomic E-state index is 0.611. The summed E-state index contributed by atoms with van der Waals surface area (Å²) in [7, 11) is 0. The molecule has 12 heavy (non-hydrogen) atoms. The summed E-state index contributed by atoms with van der Waals surface area (Å²) >= 11 is 1.75. The molecule has 68 valence electrons. The van der Waals surface area contributed by atoms with Gasteiger partial charge in [-0.05, 0) is 12.8 Å². The predicted molar refractivity (Wildman–Crippen MR) is 54.7 cm³/mol. The maximum Gasteiger partial charge on any atom is 0.0897 e. The average Bonchev–Trinajstić information content (AvgIpc) is 2.49. The van der Waals surface area contributed by atoms with Crippen molar-refractivity contribution in [3.63, 3.8) is 0 Å². The normalized spacial score (nSPS) is 16.0. The lowest BCUT2D eigenvalue weighted by atomic mass is 9.91. The van der Waals surface area contributed by atoms with Crippen LogP contribution in [-0.2, 0) is 0 Å². The van der Waals surface area contributed by atoms with Crippen LogP contribution in [0.3, 0.4) is 0 Å². The molecular formula is C10H17NS. The zero-order valence-corrected chi connectivity index (χ0v) is 9.11. The van der Waals surface area contributed by atoms with E-state index >= 15 is 0 Å². The molecule has 0 aliphatic carbocycles. The second kappa shape index (κ2) is 4.04. The molecule has 0 bridgehead atoms. The molecule has 0 aromatic carbocycles. The summed E-state index contributed by atoms with van der Waals surface area (Å²) in [6.45, 7) is 8.86. The minimum absolute atomic E-state index is 0.611. The zero-order valence-electron chi connectivity index (χ0n) is 8.29. The van der Waals surface area contributed by atoms with Crippen LogP contribution in [0.5, 0.6) is 0 Å². The standard InChI is InChI=1S/C10H17NS/c1-5-7(2)8(3)10-6-12-9(4)11-10/h6-8H,5H2,1-4H3. The molecule has 0 amide bonds. The maximum atomic E-state index is 4.50. The fraction of sp³-hybridized carbons (Fsp3) is 0.700. The van der Waals surface area contributed by atoms with Crippen molar-refractivity contribution in [2.24, 2.45) is 5.92 Å². The lowest BCUT2D eigenvalue weighted by molar-refractivity contribution is 0.466. The fourth-order valence-corrected chi connectivity index (χ4v) is 1.95. The first-order chi connectivity index (χ1) is 5.65. The lowest BCUT2D eigenvalue weighted by Crippen LogP contribution is -2.05. The molecule has 0 radical (unpaired) electrons. The Balaban J connectivity index is 2.70. The Hall–Kier alpha value is -0.370. The molecule has 0 spiro atoms. The highest BCUT2D eigenvalue weighted by Crippen LogP contribution is 2.26. The number of aryl methyl sites for hydroxylation is 1. The SMILES string of the molecule is CCC(C)C(C)c1csc(C)n1. The summed E-state index contributed by atoms with van der Waals surface area (Å²) in [5, 5.41) is 3.37. The van der Waals surface area contributed by atoms with E-state index in [9.17, 15) is 0 Å². The van der Waals surface area contributed by atoms with Crippen molar-refractivity contribution in [1.82, 2.24) is 4.98 Å². The molecule has 1 rings (SSSR count). The number of hydrogen-bond donors (Lipinski definition) is 0. The number of rotatable bonds is 3. The Morgan fingerprint density at radius 1 is 1.50 bits per heavy atom. The molecule has 0 aliphatic heterocycles. The highest BCUT2D eigenvalue weighted by molar-refractivity contribution is 7.09. The van der Waals surface area contributed by atoms with Crippen LogP contribution in [0.2, 0.25) is 0 Å². The highest BCUT2D eigenvalue weighted by Gasteiger charge is 2.14. The van der Waals surface area contributed by atoms with Crippen molar-refractivity contribution in [1.29, 1.82) is 0 Å². The third-order valence-corrected chi connectivity index (χ3v) is 3.39.